The molecule has 0 spiro atoms. The molecule has 0 bridgehead atoms. The van der Waals surface area contributed by atoms with Crippen LogP contribution in [0.3, 0.4) is 0 Å². The Bertz CT molecular complexity index is 1580. The summed E-state index contributed by atoms with van der Waals surface area (Å²) in [7, 11) is 0. The van der Waals surface area contributed by atoms with Crippen molar-refractivity contribution in [1.29, 1.82) is 0 Å². The van der Waals surface area contributed by atoms with Crippen molar-refractivity contribution in [2.24, 2.45) is 0 Å². The van der Waals surface area contributed by atoms with Gasteiger partial charge in [0.05, 0.1) is 13.2 Å². The Morgan fingerprint density at radius 3 is 1.76 bits per heavy atom. The summed E-state index contributed by atoms with van der Waals surface area (Å²) in [6, 6.07) is 15.2. The second-order valence-electron chi connectivity index (χ2n) is 13.8. The summed E-state index contributed by atoms with van der Waals surface area (Å²) in [6.45, 7) is 18.8. The summed E-state index contributed by atoms with van der Waals surface area (Å²) in [4.78, 5) is 52.1. The largest absolute Gasteiger partial charge is 0.378 e. The molecule has 50 heavy (non-hydrogen) atoms. The van der Waals surface area contributed by atoms with Gasteiger partial charge in [-0.2, -0.15) is 15.0 Å². The number of amides is 3. The fourth-order valence-electron chi connectivity index (χ4n) is 6.71. The first-order chi connectivity index (χ1) is 24.2. The average molecular weight is 685 g/mol. The number of aromatic nitrogens is 3. The molecule has 2 aromatic carbocycles. The maximum Gasteiger partial charge on any atom is 0.323 e. The van der Waals surface area contributed by atoms with Crippen LogP contribution in [-0.2, 0) is 4.74 Å². The van der Waals surface area contributed by atoms with Crippen LogP contribution in [0.2, 0.25) is 0 Å². The Hall–Kier alpha value is -4.33. The Labute approximate surface area is 296 Å². The molecule has 2 N–H and O–H groups in total. The number of ether oxygens (including phenoxy) is 1. The van der Waals surface area contributed by atoms with Crippen molar-refractivity contribution >= 4 is 35.2 Å². The number of rotatable bonds is 8. The van der Waals surface area contributed by atoms with Crippen molar-refractivity contribution in [2.45, 2.75) is 52.6 Å². The number of urea groups is 1. The van der Waals surface area contributed by atoms with Crippen LogP contribution in [0.25, 0.3) is 11.4 Å². The first-order valence-electron chi connectivity index (χ1n) is 18.1. The van der Waals surface area contributed by atoms with Gasteiger partial charge in [-0.15, -0.1) is 0 Å². The number of hydrogen-bond acceptors (Lipinski definition) is 10. The SMILES string of the molecule is CC(C)N1CCCN(C(=O)c2ccc(NC(=O)Nc3ccc(-c4nc(N5CCOCC5)nc(N5CCCN(C(C)C)CC5)n4)cc3)cc2)CC1. The lowest BCUT2D eigenvalue weighted by molar-refractivity contribution is 0.0759. The van der Waals surface area contributed by atoms with Crippen LogP contribution >= 0.6 is 0 Å². The highest BCUT2D eigenvalue weighted by Crippen LogP contribution is 2.25. The smallest absolute Gasteiger partial charge is 0.323 e. The molecule has 3 aliphatic heterocycles. The van der Waals surface area contributed by atoms with Crippen LogP contribution < -0.4 is 20.4 Å². The van der Waals surface area contributed by atoms with Crippen LogP contribution in [0.4, 0.5) is 28.1 Å². The van der Waals surface area contributed by atoms with Gasteiger partial charge in [-0.05, 0) is 89.1 Å². The van der Waals surface area contributed by atoms with E-state index in [1.165, 1.54) is 0 Å². The maximum atomic E-state index is 13.2. The summed E-state index contributed by atoms with van der Waals surface area (Å²) >= 11 is 0. The predicted molar refractivity (Wildman–Crippen MR) is 198 cm³/mol. The lowest BCUT2D eigenvalue weighted by Crippen LogP contribution is -2.38. The van der Waals surface area contributed by atoms with Crippen LogP contribution in [0.5, 0.6) is 0 Å². The molecule has 3 aliphatic rings. The van der Waals surface area contributed by atoms with Crippen molar-refractivity contribution in [3.8, 4) is 11.4 Å². The Balaban J connectivity index is 1.09. The zero-order valence-electron chi connectivity index (χ0n) is 30.0. The fourth-order valence-corrected chi connectivity index (χ4v) is 6.71. The number of morpholine rings is 1. The molecule has 0 aliphatic carbocycles. The van der Waals surface area contributed by atoms with Crippen LogP contribution in [0.15, 0.2) is 48.5 Å². The number of carbonyl (C=O) groups excluding carboxylic acids is 2. The van der Waals surface area contributed by atoms with Crippen LogP contribution in [0, 0.1) is 0 Å². The molecule has 0 radical (unpaired) electrons. The van der Waals surface area contributed by atoms with Gasteiger partial charge < -0.3 is 30.1 Å². The Kier molecular flexibility index (Phi) is 11.8. The van der Waals surface area contributed by atoms with Crippen molar-refractivity contribution in [1.82, 2.24) is 29.7 Å². The molecule has 3 saturated heterocycles. The van der Waals surface area contributed by atoms with E-state index in [1.54, 1.807) is 24.3 Å². The molecule has 6 rings (SSSR count). The zero-order chi connectivity index (χ0) is 35.0. The van der Waals surface area contributed by atoms with Gasteiger partial charge in [0.1, 0.15) is 0 Å². The minimum absolute atomic E-state index is 0.0262. The third-order valence-corrected chi connectivity index (χ3v) is 9.79. The highest BCUT2D eigenvalue weighted by molar-refractivity contribution is 6.00. The van der Waals surface area contributed by atoms with Gasteiger partial charge >= 0.3 is 6.03 Å². The first kappa shape index (κ1) is 35.5. The summed E-state index contributed by atoms with van der Waals surface area (Å²) in [5.74, 6) is 1.99. The Morgan fingerprint density at radius 1 is 0.620 bits per heavy atom. The molecule has 4 heterocycles. The molecular formula is C37H52N10O3. The van der Waals surface area contributed by atoms with Gasteiger partial charge in [-0.3, -0.25) is 14.6 Å². The molecule has 3 amide bonds. The van der Waals surface area contributed by atoms with Gasteiger partial charge in [0, 0.05) is 100 Å². The third-order valence-electron chi connectivity index (χ3n) is 9.79. The number of benzene rings is 2. The topological polar surface area (TPSA) is 122 Å². The fraction of sp³-hybridized carbons (Fsp3) is 0.541. The number of nitrogens with one attached hydrogen (secondary N) is 2. The molecule has 13 nitrogen and oxygen atoms in total. The molecule has 268 valence electrons. The molecule has 0 unspecified atom stereocenters. The minimum atomic E-state index is -0.369. The van der Waals surface area contributed by atoms with Crippen molar-refractivity contribution < 1.29 is 14.3 Å². The molecule has 3 aromatic rings. The summed E-state index contributed by atoms with van der Waals surface area (Å²) in [6.07, 6.45) is 2.01. The number of hydrogen-bond donors (Lipinski definition) is 2. The third kappa shape index (κ3) is 9.06. The van der Waals surface area contributed by atoms with E-state index >= 15 is 0 Å². The van der Waals surface area contributed by atoms with Gasteiger partial charge in [0.2, 0.25) is 11.9 Å². The summed E-state index contributed by atoms with van der Waals surface area (Å²) < 4.78 is 5.58. The minimum Gasteiger partial charge on any atom is -0.378 e. The van der Waals surface area contributed by atoms with Crippen molar-refractivity contribution in [2.75, 3.05) is 99.1 Å². The van der Waals surface area contributed by atoms with Gasteiger partial charge in [-0.1, -0.05) is 0 Å². The van der Waals surface area contributed by atoms with Crippen molar-refractivity contribution in [3.63, 3.8) is 0 Å². The quantitative estimate of drug-likeness (QED) is 0.351. The molecule has 0 saturated carbocycles. The average Bonchev–Trinajstić information content (AvgIpc) is 3.55. The highest BCUT2D eigenvalue weighted by atomic mass is 16.5. The van der Waals surface area contributed by atoms with Crippen molar-refractivity contribution in [3.05, 3.63) is 54.1 Å². The van der Waals surface area contributed by atoms with Crippen LogP contribution in [-0.4, -0.2) is 132 Å². The lowest BCUT2D eigenvalue weighted by Gasteiger charge is -2.28. The van der Waals surface area contributed by atoms with E-state index in [4.69, 9.17) is 19.7 Å². The predicted octanol–water partition coefficient (Wildman–Crippen LogP) is 4.50. The zero-order valence-corrected chi connectivity index (χ0v) is 30.0. The number of anilines is 4. The van der Waals surface area contributed by atoms with Gasteiger partial charge in [0.15, 0.2) is 5.82 Å². The molecule has 0 atom stereocenters. The van der Waals surface area contributed by atoms with E-state index in [0.29, 0.717) is 60.0 Å². The Morgan fingerprint density at radius 2 is 1.16 bits per heavy atom. The van der Waals surface area contributed by atoms with Crippen LogP contribution in [0.1, 0.15) is 50.9 Å². The maximum absolute atomic E-state index is 13.2. The normalized spacial score (nSPS) is 18.2. The van der Waals surface area contributed by atoms with E-state index in [1.807, 2.05) is 29.2 Å². The first-order valence-corrected chi connectivity index (χ1v) is 18.1. The van der Waals surface area contributed by atoms with E-state index < -0.39 is 0 Å². The number of carbonyl (C=O) groups is 2. The molecule has 13 heteroatoms. The van der Waals surface area contributed by atoms with E-state index in [0.717, 1.165) is 83.9 Å². The second kappa shape index (κ2) is 16.6. The molecule has 3 fully saturated rings. The van der Waals surface area contributed by atoms with E-state index in [9.17, 15) is 9.59 Å². The molecule has 1 aromatic heterocycles. The second-order valence-corrected chi connectivity index (χ2v) is 13.8. The summed E-state index contributed by atoms with van der Waals surface area (Å²) in [5, 5.41) is 5.78. The lowest BCUT2D eigenvalue weighted by atomic mass is 10.1. The van der Waals surface area contributed by atoms with Gasteiger partial charge in [0.25, 0.3) is 5.91 Å². The monoisotopic (exact) mass is 684 g/mol. The standard InChI is InChI=1S/C37H52N10O3/c1-27(2)43-15-5-17-45(21-19-43)34(48)30-9-13-32(14-10-30)39-37(49)38-31-11-7-29(8-12-31)33-40-35(42-36(41-33)47-23-25-50-26-24-47)46-18-6-16-44(20-22-46)28(3)4/h7-14,27-28H,5-6,15-26H2,1-4H3,(H2,38,39,49). The van der Waals surface area contributed by atoms with Gasteiger partial charge in [-0.25, -0.2) is 4.79 Å². The molecular weight excluding hydrogens is 632 g/mol. The highest BCUT2D eigenvalue weighted by Gasteiger charge is 2.24. The van der Waals surface area contributed by atoms with E-state index in [-0.39, 0.29) is 11.9 Å². The van der Waals surface area contributed by atoms with E-state index in [2.05, 4.69) is 57.9 Å². The summed E-state index contributed by atoms with van der Waals surface area (Å²) in [5.41, 5.74) is 2.71. The number of nitrogens with zero attached hydrogens (tertiary/aromatic N) is 8.